The summed E-state index contributed by atoms with van der Waals surface area (Å²) >= 11 is 0. The van der Waals surface area contributed by atoms with Gasteiger partial charge in [-0.1, -0.05) is 30.3 Å². The summed E-state index contributed by atoms with van der Waals surface area (Å²) in [5, 5.41) is 14.7. The van der Waals surface area contributed by atoms with Crippen molar-refractivity contribution < 1.29 is 19.4 Å². The van der Waals surface area contributed by atoms with Crippen molar-refractivity contribution in [1.29, 1.82) is 0 Å². The first kappa shape index (κ1) is 13.4. The molecule has 1 saturated heterocycles. The molecule has 3 N–H and O–H groups in total. The number of carbonyl (C=O) groups is 2. The second kappa shape index (κ2) is 6.19. The predicted molar refractivity (Wildman–Crippen MR) is 67.2 cm³/mol. The Morgan fingerprint density at radius 2 is 2.16 bits per heavy atom. The molecule has 0 saturated carbocycles. The van der Waals surface area contributed by atoms with E-state index in [1.54, 1.807) is 0 Å². The Bertz CT molecular complexity index is 449. The van der Waals surface area contributed by atoms with Crippen LogP contribution in [-0.2, 0) is 16.1 Å². The van der Waals surface area contributed by atoms with Crippen LogP contribution in [0.25, 0.3) is 0 Å². The first-order chi connectivity index (χ1) is 9.15. The van der Waals surface area contributed by atoms with Crippen molar-refractivity contribution in [2.24, 2.45) is 0 Å². The van der Waals surface area contributed by atoms with Crippen LogP contribution in [0.4, 0.5) is 4.79 Å². The van der Waals surface area contributed by atoms with Crippen molar-refractivity contribution in [3.63, 3.8) is 0 Å². The van der Waals surface area contributed by atoms with Gasteiger partial charge in [-0.2, -0.15) is 0 Å². The molecular formula is C13H16N2O4. The van der Waals surface area contributed by atoms with E-state index >= 15 is 0 Å². The predicted octanol–water partition coefficient (Wildman–Crippen LogP) is 0.162. The number of alkyl carbamates (subject to hydrolysis) is 1. The summed E-state index contributed by atoms with van der Waals surface area (Å²) in [6.45, 7) is 0.377. The van der Waals surface area contributed by atoms with E-state index in [9.17, 15) is 14.7 Å². The zero-order chi connectivity index (χ0) is 13.7. The van der Waals surface area contributed by atoms with Gasteiger partial charge in [-0.25, -0.2) is 4.79 Å². The third-order valence-electron chi connectivity index (χ3n) is 2.89. The molecular weight excluding hydrogens is 248 g/mol. The molecule has 0 aliphatic carbocycles. The molecule has 2 atom stereocenters. The summed E-state index contributed by atoms with van der Waals surface area (Å²) in [4.78, 5) is 22.6. The Morgan fingerprint density at radius 1 is 1.42 bits per heavy atom. The first-order valence-corrected chi connectivity index (χ1v) is 6.07. The van der Waals surface area contributed by atoms with Gasteiger partial charge in [0.25, 0.3) is 0 Å². The standard InChI is InChI=1S/C13H16N2O4/c16-11-6-12(17)14-7-10(11)15-13(18)19-8-9-4-2-1-3-5-9/h1-5,10-11,16H,6-8H2,(H,14,17)(H,15,18)/t10-,11-/m0/s1. The van der Waals surface area contributed by atoms with Crippen molar-refractivity contribution in [1.82, 2.24) is 10.6 Å². The smallest absolute Gasteiger partial charge is 0.407 e. The molecule has 1 fully saturated rings. The lowest BCUT2D eigenvalue weighted by molar-refractivity contribution is -0.125. The van der Waals surface area contributed by atoms with Gasteiger partial charge in [0.05, 0.1) is 18.6 Å². The highest BCUT2D eigenvalue weighted by molar-refractivity contribution is 5.78. The molecule has 0 aromatic heterocycles. The molecule has 19 heavy (non-hydrogen) atoms. The normalized spacial score (nSPS) is 22.5. The number of nitrogens with one attached hydrogen (secondary N) is 2. The maximum atomic E-state index is 11.6. The fourth-order valence-electron chi connectivity index (χ4n) is 1.83. The van der Waals surface area contributed by atoms with E-state index in [0.717, 1.165) is 5.56 Å². The van der Waals surface area contributed by atoms with Gasteiger partial charge in [-0.05, 0) is 5.56 Å². The number of hydrogen-bond acceptors (Lipinski definition) is 4. The van der Waals surface area contributed by atoms with Crippen molar-refractivity contribution in [2.45, 2.75) is 25.2 Å². The summed E-state index contributed by atoms with van der Waals surface area (Å²) in [5.41, 5.74) is 0.884. The first-order valence-electron chi connectivity index (χ1n) is 6.07. The van der Waals surface area contributed by atoms with Crippen LogP contribution < -0.4 is 10.6 Å². The van der Waals surface area contributed by atoms with Gasteiger partial charge in [0.2, 0.25) is 5.91 Å². The van der Waals surface area contributed by atoms with Gasteiger partial charge in [0.1, 0.15) is 6.61 Å². The molecule has 1 aromatic rings. The number of hydrogen-bond donors (Lipinski definition) is 3. The SMILES string of the molecule is O=C1C[C@H](O)[C@@H](NC(=O)OCc2ccccc2)CN1. The maximum Gasteiger partial charge on any atom is 0.407 e. The number of aliphatic hydroxyl groups is 1. The summed E-state index contributed by atoms with van der Waals surface area (Å²) in [7, 11) is 0. The molecule has 0 unspecified atom stereocenters. The van der Waals surface area contributed by atoms with Gasteiger partial charge in [-0.3, -0.25) is 4.79 Å². The van der Waals surface area contributed by atoms with E-state index in [0.29, 0.717) is 0 Å². The molecule has 1 aliphatic heterocycles. The Labute approximate surface area is 110 Å². The molecule has 0 radical (unpaired) electrons. The molecule has 2 rings (SSSR count). The number of aliphatic hydroxyl groups excluding tert-OH is 1. The highest BCUT2D eigenvalue weighted by Crippen LogP contribution is 2.05. The van der Waals surface area contributed by atoms with Crippen molar-refractivity contribution in [3.8, 4) is 0 Å². The van der Waals surface area contributed by atoms with Crippen molar-refractivity contribution >= 4 is 12.0 Å². The second-order valence-electron chi connectivity index (χ2n) is 4.39. The minimum absolute atomic E-state index is 0.0103. The number of benzene rings is 1. The molecule has 1 aliphatic rings. The Kier molecular flexibility index (Phi) is 4.35. The minimum Gasteiger partial charge on any atom is -0.445 e. The van der Waals surface area contributed by atoms with Crippen LogP contribution >= 0.6 is 0 Å². The molecule has 6 nitrogen and oxygen atoms in total. The van der Waals surface area contributed by atoms with Crippen LogP contribution in [0.5, 0.6) is 0 Å². The molecule has 0 bridgehead atoms. The maximum absolute atomic E-state index is 11.6. The fraction of sp³-hybridized carbons (Fsp3) is 0.385. The average molecular weight is 264 g/mol. The van der Waals surface area contributed by atoms with Crippen LogP contribution in [0.1, 0.15) is 12.0 Å². The van der Waals surface area contributed by atoms with Gasteiger partial charge >= 0.3 is 6.09 Å². The van der Waals surface area contributed by atoms with Crippen LogP contribution in [-0.4, -0.2) is 35.8 Å². The lowest BCUT2D eigenvalue weighted by Crippen LogP contribution is -2.55. The largest absolute Gasteiger partial charge is 0.445 e. The van der Waals surface area contributed by atoms with Crippen LogP contribution in [0.3, 0.4) is 0 Å². The van der Waals surface area contributed by atoms with Gasteiger partial charge < -0.3 is 20.5 Å². The van der Waals surface area contributed by atoms with Crippen molar-refractivity contribution in [3.05, 3.63) is 35.9 Å². The van der Waals surface area contributed by atoms with Crippen LogP contribution in [0, 0.1) is 0 Å². The number of carbonyl (C=O) groups excluding carboxylic acids is 2. The van der Waals surface area contributed by atoms with E-state index in [1.165, 1.54) is 0 Å². The molecule has 2 amide bonds. The molecule has 0 spiro atoms. The summed E-state index contributed by atoms with van der Waals surface area (Å²) < 4.78 is 5.03. The molecule has 6 heteroatoms. The van der Waals surface area contributed by atoms with Crippen LogP contribution in [0.2, 0.25) is 0 Å². The zero-order valence-electron chi connectivity index (χ0n) is 10.3. The molecule has 102 valence electrons. The van der Waals surface area contributed by atoms with Gasteiger partial charge in [0.15, 0.2) is 0 Å². The number of piperidine rings is 1. The minimum atomic E-state index is -0.877. The Morgan fingerprint density at radius 3 is 2.84 bits per heavy atom. The van der Waals surface area contributed by atoms with Gasteiger partial charge in [-0.15, -0.1) is 0 Å². The highest BCUT2D eigenvalue weighted by Gasteiger charge is 2.28. The average Bonchev–Trinajstić information content (AvgIpc) is 2.41. The topological polar surface area (TPSA) is 87.7 Å². The number of amides is 2. The third-order valence-corrected chi connectivity index (χ3v) is 2.89. The van der Waals surface area contributed by atoms with Crippen LogP contribution in [0.15, 0.2) is 30.3 Å². The third kappa shape index (κ3) is 3.96. The Balaban J connectivity index is 1.77. The lowest BCUT2D eigenvalue weighted by Gasteiger charge is -2.28. The summed E-state index contributed by atoms with van der Waals surface area (Å²) in [5.74, 6) is -0.219. The molecule has 1 aromatic carbocycles. The van der Waals surface area contributed by atoms with E-state index in [-0.39, 0.29) is 25.5 Å². The van der Waals surface area contributed by atoms with Gasteiger partial charge in [0, 0.05) is 6.54 Å². The van der Waals surface area contributed by atoms with E-state index < -0.39 is 18.2 Å². The fourth-order valence-corrected chi connectivity index (χ4v) is 1.83. The number of ether oxygens (including phenoxy) is 1. The number of rotatable bonds is 3. The van der Waals surface area contributed by atoms with E-state index in [4.69, 9.17) is 4.74 Å². The quantitative estimate of drug-likeness (QED) is 0.726. The summed E-state index contributed by atoms with van der Waals surface area (Å²) in [6, 6.07) is 8.78. The lowest BCUT2D eigenvalue weighted by atomic mass is 10.0. The monoisotopic (exact) mass is 264 g/mol. The Hall–Kier alpha value is -2.08. The molecule has 1 heterocycles. The summed E-state index contributed by atoms with van der Waals surface area (Å²) in [6.07, 6.45) is -1.49. The van der Waals surface area contributed by atoms with Crippen molar-refractivity contribution in [2.75, 3.05) is 6.54 Å². The van der Waals surface area contributed by atoms with E-state index in [1.807, 2.05) is 30.3 Å². The highest BCUT2D eigenvalue weighted by atomic mass is 16.5. The zero-order valence-corrected chi connectivity index (χ0v) is 10.3. The van der Waals surface area contributed by atoms with E-state index in [2.05, 4.69) is 10.6 Å². The second-order valence-corrected chi connectivity index (χ2v) is 4.39.